The highest BCUT2D eigenvalue weighted by Crippen LogP contribution is 2.39. The Morgan fingerprint density at radius 1 is 1.05 bits per heavy atom. The van der Waals surface area contributed by atoms with Gasteiger partial charge in [-0.2, -0.15) is 0 Å². The minimum atomic E-state index is -0.550. The van der Waals surface area contributed by atoms with Gasteiger partial charge in [0.2, 0.25) is 5.91 Å². The predicted octanol–water partition coefficient (Wildman–Crippen LogP) is 6.86. The molecule has 3 amide bonds. The maximum absolute atomic E-state index is 13.2. The van der Waals surface area contributed by atoms with Crippen molar-refractivity contribution in [1.82, 2.24) is 4.90 Å². The van der Waals surface area contributed by atoms with Crippen molar-refractivity contribution in [2.24, 2.45) is 0 Å². The van der Waals surface area contributed by atoms with E-state index in [1.165, 1.54) is 12.1 Å². The van der Waals surface area contributed by atoms with E-state index in [-0.39, 0.29) is 23.9 Å². The molecule has 0 atom stereocenters. The molecule has 0 aromatic heterocycles. The molecule has 3 aromatic carbocycles. The summed E-state index contributed by atoms with van der Waals surface area (Å²) in [5.74, 6) is -0.454. The lowest BCUT2D eigenvalue weighted by atomic mass is 10.1. The van der Waals surface area contributed by atoms with Gasteiger partial charge in [0.05, 0.1) is 16.0 Å². The van der Waals surface area contributed by atoms with Gasteiger partial charge in [-0.1, -0.05) is 18.2 Å². The lowest BCUT2D eigenvalue weighted by Crippen LogP contribution is -2.36. The van der Waals surface area contributed by atoms with E-state index in [0.29, 0.717) is 33.8 Å². The molecular formula is C29H26BrFN2O5S. The minimum Gasteiger partial charge on any atom is -0.490 e. The molecular weight excluding hydrogens is 587 g/mol. The number of rotatable bonds is 9. The fraction of sp³-hybridized carbons (Fsp3) is 0.207. The third-order valence-electron chi connectivity index (χ3n) is 5.89. The molecule has 10 heteroatoms. The Balaban J connectivity index is 1.48. The molecule has 1 aliphatic heterocycles. The average Bonchev–Trinajstić information content (AvgIpc) is 3.14. The first-order valence-electron chi connectivity index (χ1n) is 12.1. The molecule has 4 rings (SSSR count). The lowest BCUT2D eigenvalue weighted by Gasteiger charge is -2.15. The molecule has 1 aliphatic rings. The molecule has 7 nitrogen and oxygen atoms in total. The largest absolute Gasteiger partial charge is 0.490 e. The van der Waals surface area contributed by atoms with Crippen LogP contribution in [0.2, 0.25) is 0 Å². The molecule has 1 saturated heterocycles. The summed E-state index contributed by atoms with van der Waals surface area (Å²) < 4.78 is 25.5. The van der Waals surface area contributed by atoms with Crippen LogP contribution in [0.1, 0.15) is 29.2 Å². The molecule has 202 valence electrons. The van der Waals surface area contributed by atoms with E-state index in [1.807, 2.05) is 32.9 Å². The zero-order chi connectivity index (χ0) is 28.1. The Morgan fingerprint density at radius 2 is 1.79 bits per heavy atom. The Labute approximate surface area is 238 Å². The molecule has 0 spiro atoms. The second-order valence-corrected chi connectivity index (χ2v) is 10.6. The number of halogens is 2. The highest BCUT2D eigenvalue weighted by Gasteiger charge is 2.36. The molecule has 0 unspecified atom stereocenters. The van der Waals surface area contributed by atoms with Crippen molar-refractivity contribution in [3.05, 3.63) is 92.0 Å². The summed E-state index contributed by atoms with van der Waals surface area (Å²) in [6.45, 7) is 5.91. The van der Waals surface area contributed by atoms with Gasteiger partial charge in [0.15, 0.2) is 11.5 Å². The van der Waals surface area contributed by atoms with E-state index in [0.717, 1.165) is 33.4 Å². The standard InChI is InChI=1S/C29H26BrFN2O5S/c1-4-37-24-13-20(12-23(30)27(24)38-16-19-6-8-21(31)9-7-19)14-25-28(35)33(29(36)39-25)15-26(34)32-22-10-5-17(2)18(3)11-22/h5-14H,4,15-16H2,1-3H3,(H,32,34)/b25-14-. The number of nitrogens with zero attached hydrogens (tertiary/aromatic N) is 1. The zero-order valence-electron chi connectivity index (χ0n) is 21.5. The van der Waals surface area contributed by atoms with Crippen LogP contribution in [0.15, 0.2) is 64.0 Å². The molecule has 1 heterocycles. The fourth-order valence-corrected chi connectivity index (χ4v) is 5.17. The summed E-state index contributed by atoms with van der Waals surface area (Å²) in [4.78, 5) is 39.2. The van der Waals surface area contributed by atoms with E-state index in [4.69, 9.17) is 9.47 Å². The van der Waals surface area contributed by atoms with Crippen LogP contribution in [0.25, 0.3) is 6.08 Å². The summed E-state index contributed by atoms with van der Waals surface area (Å²) >= 11 is 4.27. The molecule has 0 bridgehead atoms. The van der Waals surface area contributed by atoms with Crippen LogP contribution < -0.4 is 14.8 Å². The van der Waals surface area contributed by atoms with Gasteiger partial charge in [-0.05, 0) is 113 Å². The van der Waals surface area contributed by atoms with Gasteiger partial charge >= 0.3 is 0 Å². The number of benzene rings is 3. The molecule has 39 heavy (non-hydrogen) atoms. The third kappa shape index (κ3) is 7.07. The van der Waals surface area contributed by atoms with Crippen molar-refractivity contribution < 1.29 is 28.2 Å². The average molecular weight is 614 g/mol. The van der Waals surface area contributed by atoms with E-state index in [9.17, 15) is 18.8 Å². The van der Waals surface area contributed by atoms with Gasteiger partial charge in [-0.3, -0.25) is 19.3 Å². The van der Waals surface area contributed by atoms with Crippen LogP contribution in [0, 0.1) is 19.7 Å². The van der Waals surface area contributed by atoms with Gasteiger partial charge in [-0.15, -0.1) is 0 Å². The highest BCUT2D eigenvalue weighted by molar-refractivity contribution is 9.10. The molecule has 0 aliphatic carbocycles. The van der Waals surface area contributed by atoms with E-state index in [2.05, 4.69) is 21.2 Å². The fourth-order valence-electron chi connectivity index (χ4n) is 3.76. The number of imide groups is 1. The van der Waals surface area contributed by atoms with Crippen LogP contribution >= 0.6 is 27.7 Å². The normalized spacial score (nSPS) is 14.2. The first-order valence-corrected chi connectivity index (χ1v) is 13.7. The van der Waals surface area contributed by atoms with Crippen molar-refractivity contribution in [3.63, 3.8) is 0 Å². The number of amides is 3. The molecule has 0 radical (unpaired) electrons. The van der Waals surface area contributed by atoms with Crippen LogP contribution in [0.4, 0.5) is 14.9 Å². The molecule has 1 N–H and O–H groups in total. The monoisotopic (exact) mass is 612 g/mol. The minimum absolute atomic E-state index is 0.188. The third-order valence-corrected chi connectivity index (χ3v) is 7.39. The second-order valence-electron chi connectivity index (χ2n) is 8.79. The number of carbonyl (C=O) groups excluding carboxylic acids is 3. The topological polar surface area (TPSA) is 84.9 Å². The number of ether oxygens (including phenoxy) is 2. The number of nitrogens with one attached hydrogen (secondary N) is 1. The number of anilines is 1. The number of hydrogen-bond donors (Lipinski definition) is 1. The lowest BCUT2D eigenvalue weighted by molar-refractivity contribution is -0.127. The summed E-state index contributed by atoms with van der Waals surface area (Å²) in [5, 5.41) is 2.21. The molecule has 1 fully saturated rings. The maximum Gasteiger partial charge on any atom is 0.294 e. The van der Waals surface area contributed by atoms with Gasteiger partial charge in [0.1, 0.15) is 19.0 Å². The van der Waals surface area contributed by atoms with Gasteiger partial charge < -0.3 is 14.8 Å². The van der Waals surface area contributed by atoms with Crippen LogP contribution in [-0.4, -0.2) is 35.1 Å². The summed E-state index contributed by atoms with van der Waals surface area (Å²) in [6, 6.07) is 14.9. The Bertz CT molecular complexity index is 1460. The van der Waals surface area contributed by atoms with Gasteiger partial charge in [-0.25, -0.2) is 4.39 Å². The second kappa shape index (κ2) is 12.5. The smallest absolute Gasteiger partial charge is 0.294 e. The summed E-state index contributed by atoms with van der Waals surface area (Å²) in [5.41, 5.74) is 4.09. The van der Waals surface area contributed by atoms with Crippen LogP contribution in [0.3, 0.4) is 0 Å². The van der Waals surface area contributed by atoms with Gasteiger partial charge in [0, 0.05) is 5.69 Å². The van der Waals surface area contributed by atoms with Crippen molar-refractivity contribution in [2.75, 3.05) is 18.5 Å². The Hall–Kier alpha value is -3.63. The van der Waals surface area contributed by atoms with Crippen molar-refractivity contribution in [3.8, 4) is 11.5 Å². The van der Waals surface area contributed by atoms with Crippen molar-refractivity contribution in [2.45, 2.75) is 27.4 Å². The number of carbonyl (C=O) groups is 3. The highest BCUT2D eigenvalue weighted by atomic mass is 79.9. The van der Waals surface area contributed by atoms with Crippen molar-refractivity contribution >= 4 is 56.5 Å². The van der Waals surface area contributed by atoms with E-state index < -0.39 is 17.1 Å². The first kappa shape index (κ1) is 28.4. The first-order chi connectivity index (χ1) is 18.6. The molecule has 3 aromatic rings. The van der Waals surface area contributed by atoms with Gasteiger partial charge in [0.25, 0.3) is 11.1 Å². The zero-order valence-corrected chi connectivity index (χ0v) is 23.9. The molecule has 0 saturated carbocycles. The van der Waals surface area contributed by atoms with Crippen LogP contribution in [0.5, 0.6) is 11.5 Å². The summed E-state index contributed by atoms with van der Waals surface area (Å²) in [6.07, 6.45) is 1.57. The predicted molar refractivity (Wildman–Crippen MR) is 153 cm³/mol. The quantitative estimate of drug-likeness (QED) is 0.266. The maximum atomic E-state index is 13.2. The van der Waals surface area contributed by atoms with E-state index >= 15 is 0 Å². The Morgan fingerprint density at radius 3 is 2.49 bits per heavy atom. The van der Waals surface area contributed by atoms with Crippen LogP contribution in [-0.2, 0) is 16.2 Å². The number of thioether (sulfide) groups is 1. The van der Waals surface area contributed by atoms with E-state index in [1.54, 1.807) is 36.4 Å². The SMILES string of the molecule is CCOc1cc(/C=C2\SC(=O)N(CC(=O)Nc3ccc(C)c(C)c3)C2=O)cc(Br)c1OCc1ccc(F)cc1. The number of hydrogen-bond acceptors (Lipinski definition) is 6. The number of aryl methyl sites for hydroxylation is 2. The van der Waals surface area contributed by atoms with Crippen molar-refractivity contribution in [1.29, 1.82) is 0 Å². The Kier molecular flexibility index (Phi) is 9.08. The summed E-state index contributed by atoms with van der Waals surface area (Å²) in [7, 11) is 0.